The summed E-state index contributed by atoms with van der Waals surface area (Å²) < 4.78 is 16.9. The van der Waals surface area contributed by atoms with Crippen molar-refractivity contribution in [3.8, 4) is 40.4 Å². The van der Waals surface area contributed by atoms with Crippen LogP contribution in [0.2, 0.25) is 0 Å². The number of nitrogens with zero attached hydrogens (tertiary/aromatic N) is 4. The smallest absolute Gasteiger partial charge is 0.136 e. The van der Waals surface area contributed by atoms with E-state index in [1.54, 1.807) is 0 Å². The van der Waals surface area contributed by atoms with Gasteiger partial charge in [-0.15, -0.1) is 0 Å². The Labute approximate surface area is 299 Å². The first-order valence-corrected chi connectivity index (χ1v) is 17.5. The fourth-order valence-corrected chi connectivity index (χ4v) is 8.55. The fourth-order valence-electron chi connectivity index (χ4n) is 8.55. The predicted octanol–water partition coefficient (Wildman–Crippen LogP) is 11.4. The molecule has 10 rings (SSSR count). The van der Waals surface area contributed by atoms with Gasteiger partial charge in [-0.25, -0.2) is 0 Å². The molecule has 4 heterocycles. The van der Waals surface area contributed by atoms with Crippen molar-refractivity contribution in [1.82, 2.24) is 9.13 Å². The van der Waals surface area contributed by atoms with E-state index in [0.29, 0.717) is 29.1 Å². The summed E-state index contributed by atoms with van der Waals surface area (Å²) >= 11 is 0. The van der Waals surface area contributed by atoms with Gasteiger partial charge in [0.1, 0.15) is 35.8 Å². The number of ether oxygens (including phenoxy) is 1. The van der Waals surface area contributed by atoms with Crippen molar-refractivity contribution in [3.63, 3.8) is 0 Å². The number of aryl methyl sites for hydroxylation is 1. The molecule has 0 unspecified atom stereocenters. The molecule has 1 aliphatic carbocycles. The van der Waals surface area contributed by atoms with Gasteiger partial charge < -0.3 is 18.3 Å². The highest BCUT2D eigenvalue weighted by atomic mass is 16.5. The van der Waals surface area contributed by atoms with Gasteiger partial charge in [-0.2, -0.15) is 10.5 Å². The second-order valence-electron chi connectivity index (χ2n) is 13.3. The minimum absolute atomic E-state index is 0.463. The highest BCUT2D eigenvalue weighted by molar-refractivity contribution is 6.23. The Kier molecular flexibility index (Phi) is 6.46. The summed E-state index contributed by atoms with van der Waals surface area (Å²) in [4.78, 5) is 0. The van der Waals surface area contributed by atoms with Crippen molar-refractivity contribution in [2.24, 2.45) is 0 Å². The number of furan rings is 1. The van der Waals surface area contributed by atoms with E-state index in [1.807, 2.05) is 67.6 Å². The third-order valence-electron chi connectivity index (χ3n) is 10.7. The van der Waals surface area contributed by atoms with Crippen molar-refractivity contribution in [2.45, 2.75) is 26.4 Å². The van der Waals surface area contributed by atoms with E-state index < -0.39 is 0 Å². The van der Waals surface area contributed by atoms with Gasteiger partial charge in [0.05, 0.1) is 39.1 Å². The summed E-state index contributed by atoms with van der Waals surface area (Å²) in [7, 11) is 0. The van der Waals surface area contributed by atoms with Crippen molar-refractivity contribution < 1.29 is 9.15 Å². The molecule has 0 saturated carbocycles. The Bertz CT molecular complexity index is 3020. The van der Waals surface area contributed by atoms with Crippen LogP contribution in [-0.4, -0.2) is 9.13 Å². The third-order valence-corrected chi connectivity index (χ3v) is 10.7. The molecule has 0 amide bonds. The van der Waals surface area contributed by atoms with Crippen LogP contribution in [-0.2, 0) is 13.0 Å². The van der Waals surface area contributed by atoms with Crippen LogP contribution >= 0.6 is 0 Å². The van der Waals surface area contributed by atoms with Crippen LogP contribution in [0, 0.1) is 22.7 Å². The van der Waals surface area contributed by atoms with E-state index in [-0.39, 0.29) is 0 Å². The van der Waals surface area contributed by atoms with Crippen molar-refractivity contribution in [2.75, 3.05) is 0 Å². The maximum absolute atomic E-state index is 10.9. The molecule has 1 aliphatic heterocycles. The van der Waals surface area contributed by atoms with Crippen LogP contribution in [0.25, 0.3) is 84.4 Å². The van der Waals surface area contributed by atoms with Crippen LogP contribution in [0.5, 0.6) is 5.75 Å². The molecule has 6 nitrogen and oxygen atoms in total. The number of benzene rings is 5. The Morgan fingerprint density at radius 2 is 1.56 bits per heavy atom. The average Bonchev–Trinajstić information content (AvgIpc) is 3.84. The van der Waals surface area contributed by atoms with E-state index in [2.05, 4.69) is 82.5 Å². The molecule has 0 radical (unpaired) electrons. The maximum atomic E-state index is 10.9. The predicted molar refractivity (Wildman–Crippen MR) is 209 cm³/mol. The molecule has 0 atom stereocenters. The number of rotatable bonds is 4. The highest BCUT2D eigenvalue weighted by Crippen LogP contribution is 2.48. The van der Waals surface area contributed by atoms with Crippen LogP contribution in [0.15, 0.2) is 108 Å². The van der Waals surface area contributed by atoms with E-state index >= 15 is 0 Å². The number of allylic oxidation sites excluding steroid dienone is 2. The van der Waals surface area contributed by atoms with E-state index in [1.165, 1.54) is 11.1 Å². The molecule has 2 aliphatic rings. The van der Waals surface area contributed by atoms with Gasteiger partial charge in [-0.05, 0) is 91.1 Å². The van der Waals surface area contributed by atoms with Crippen molar-refractivity contribution >= 4 is 61.9 Å². The standard InChI is InChI=1S/C46H30N4O2/c1-3-11-40-30(4-2)45-42(52-40)21-19-37-43(45)32-14-7-9-16-34(32)50(37)39-23-28(24-47)38(22-29(39)25-48)49-35-17-10-8-15-33(35)44-36(49)18-20-41-46(44)31-13-6-5-12-27(31)26-51-41/h3-7,9-14,16-23H,2,8,15,26H2,1H3/b11-3-. The quantitative estimate of drug-likeness (QED) is 0.187. The molecule has 246 valence electrons. The van der Waals surface area contributed by atoms with Gasteiger partial charge in [0.25, 0.3) is 0 Å². The van der Waals surface area contributed by atoms with Gasteiger partial charge in [0, 0.05) is 38.4 Å². The monoisotopic (exact) mass is 670 g/mol. The van der Waals surface area contributed by atoms with Crippen LogP contribution < -0.4 is 4.74 Å². The summed E-state index contributed by atoms with van der Waals surface area (Å²) in [5, 5.41) is 25.9. The van der Waals surface area contributed by atoms with Gasteiger partial charge in [0.2, 0.25) is 0 Å². The summed E-state index contributed by atoms with van der Waals surface area (Å²) in [6.45, 7) is 6.62. The molecule has 5 aromatic carbocycles. The zero-order valence-corrected chi connectivity index (χ0v) is 28.4. The minimum atomic E-state index is 0.463. The molecule has 0 fully saturated rings. The second-order valence-corrected chi connectivity index (χ2v) is 13.3. The molecular formula is C46H30N4O2. The lowest BCUT2D eigenvalue weighted by Gasteiger charge is -2.22. The van der Waals surface area contributed by atoms with Crippen LogP contribution in [0.1, 0.15) is 52.6 Å². The Morgan fingerprint density at radius 1 is 0.808 bits per heavy atom. The summed E-state index contributed by atoms with van der Waals surface area (Å²) in [6.07, 6.45) is 11.9. The Hall–Kier alpha value is -7.02. The number of nitriles is 2. The van der Waals surface area contributed by atoms with E-state index in [0.717, 1.165) is 90.4 Å². The number of hydrogen-bond acceptors (Lipinski definition) is 4. The van der Waals surface area contributed by atoms with Crippen LogP contribution in [0.4, 0.5) is 0 Å². The third kappa shape index (κ3) is 3.98. The largest absolute Gasteiger partial charge is 0.488 e. The number of fused-ring (bicyclic) bond motifs is 12. The van der Waals surface area contributed by atoms with Gasteiger partial charge in [-0.3, -0.25) is 0 Å². The van der Waals surface area contributed by atoms with Gasteiger partial charge in [-0.1, -0.05) is 67.3 Å². The Morgan fingerprint density at radius 3 is 2.37 bits per heavy atom. The molecule has 3 aromatic heterocycles. The molecule has 52 heavy (non-hydrogen) atoms. The topological polar surface area (TPSA) is 79.8 Å². The normalized spacial score (nSPS) is 13.3. The zero-order chi connectivity index (χ0) is 35.1. The first-order chi connectivity index (χ1) is 25.6. The molecule has 0 spiro atoms. The lowest BCUT2D eigenvalue weighted by molar-refractivity contribution is 0.303. The number of hydrogen-bond donors (Lipinski definition) is 0. The first kappa shape index (κ1) is 29.9. The molecular weight excluding hydrogens is 641 g/mol. The molecule has 0 bridgehead atoms. The van der Waals surface area contributed by atoms with Gasteiger partial charge in [0.15, 0.2) is 0 Å². The lowest BCUT2D eigenvalue weighted by Crippen LogP contribution is -2.06. The summed E-state index contributed by atoms with van der Waals surface area (Å²) in [6, 6.07) is 33.6. The number of aromatic nitrogens is 2. The molecule has 6 heteroatoms. The van der Waals surface area contributed by atoms with E-state index in [4.69, 9.17) is 9.15 Å². The molecule has 0 saturated heterocycles. The van der Waals surface area contributed by atoms with Crippen molar-refractivity contribution in [3.05, 3.63) is 143 Å². The highest BCUT2D eigenvalue weighted by Gasteiger charge is 2.29. The summed E-state index contributed by atoms with van der Waals surface area (Å²) in [5.41, 5.74) is 12.4. The zero-order valence-electron chi connectivity index (χ0n) is 28.4. The van der Waals surface area contributed by atoms with Crippen molar-refractivity contribution in [1.29, 1.82) is 10.5 Å². The fraction of sp³-hybridized carbons (Fsp3) is 0.0870. The van der Waals surface area contributed by atoms with Crippen LogP contribution in [0.3, 0.4) is 0 Å². The molecule has 8 aromatic rings. The summed E-state index contributed by atoms with van der Waals surface area (Å²) in [5.74, 6) is 1.61. The molecule has 0 N–H and O–H groups in total. The lowest BCUT2D eigenvalue weighted by atomic mass is 9.90. The van der Waals surface area contributed by atoms with E-state index in [9.17, 15) is 10.5 Å². The van der Waals surface area contributed by atoms with Gasteiger partial charge >= 0.3 is 0 Å². The first-order valence-electron chi connectivity index (χ1n) is 17.5. The second kappa shape index (κ2) is 11.3. The Balaban J connectivity index is 1.27. The maximum Gasteiger partial charge on any atom is 0.136 e. The minimum Gasteiger partial charge on any atom is -0.488 e. The number of para-hydroxylation sites is 1. The SMILES string of the molecule is C=Cc1c(/C=C\C)oc2ccc3c(c4ccccc4n3-c3cc(C#N)c(-n4c5c(c6c7c(ccc64)OCc4ccccc4-7)CCC=C5)cc3C#N)c12. The average molecular weight is 671 g/mol.